The lowest BCUT2D eigenvalue weighted by atomic mass is 10.2. The highest BCUT2D eigenvalue weighted by atomic mass is 16.5. The van der Waals surface area contributed by atoms with Crippen LogP contribution in [0.15, 0.2) is 10.5 Å². The van der Waals surface area contributed by atoms with Gasteiger partial charge in [-0.15, -0.1) is 0 Å². The molecule has 2 aromatic heterocycles. The molecule has 0 radical (unpaired) electrons. The predicted octanol–water partition coefficient (Wildman–Crippen LogP) is 0.319. The van der Waals surface area contributed by atoms with Gasteiger partial charge >= 0.3 is 11.7 Å². The minimum atomic E-state index is 0. The molecule has 88 valence electrons. The van der Waals surface area contributed by atoms with Crippen molar-refractivity contribution in [3.05, 3.63) is 22.5 Å². The first-order valence-corrected chi connectivity index (χ1v) is 4.68. The van der Waals surface area contributed by atoms with Crippen molar-refractivity contribution in [2.45, 2.75) is 13.8 Å². The van der Waals surface area contributed by atoms with Crippen molar-refractivity contribution in [2.24, 2.45) is 0 Å². The fourth-order valence-corrected chi connectivity index (χ4v) is 1.49. The minimum Gasteiger partial charge on any atom is -0.710 e. The average molecular weight is 225 g/mol. The lowest BCUT2D eigenvalue weighted by Crippen LogP contribution is -2.31. The van der Waals surface area contributed by atoms with Crippen LogP contribution in [0.2, 0.25) is 0 Å². The summed E-state index contributed by atoms with van der Waals surface area (Å²) < 4.78 is 6.28. The van der Waals surface area contributed by atoms with E-state index in [9.17, 15) is 5.21 Å². The Morgan fingerprint density at radius 2 is 2.00 bits per heavy atom. The minimum absolute atomic E-state index is 0. The molecule has 0 aliphatic rings. The van der Waals surface area contributed by atoms with Crippen molar-refractivity contribution in [2.75, 3.05) is 19.0 Å². The Morgan fingerprint density at radius 1 is 1.38 bits per heavy atom. The fourth-order valence-electron chi connectivity index (χ4n) is 1.49. The van der Waals surface area contributed by atoms with Crippen molar-refractivity contribution in [1.82, 2.24) is 4.98 Å². The van der Waals surface area contributed by atoms with Gasteiger partial charge in [-0.25, -0.2) is 4.73 Å². The van der Waals surface area contributed by atoms with Crippen LogP contribution >= 0.6 is 0 Å². The normalized spacial score (nSPS) is 10.2. The van der Waals surface area contributed by atoms with Crippen molar-refractivity contribution >= 4 is 17.2 Å². The molecule has 2 aromatic rings. The lowest BCUT2D eigenvalue weighted by Gasteiger charge is -2.05. The molecule has 0 aliphatic heterocycles. The maximum absolute atomic E-state index is 11.7. The van der Waals surface area contributed by atoms with E-state index >= 15 is 0 Å². The summed E-state index contributed by atoms with van der Waals surface area (Å²) in [7, 11) is 3.64. The molecule has 2 heterocycles. The number of pyridine rings is 1. The van der Waals surface area contributed by atoms with Gasteiger partial charge < -0.3 is 20.0 Å². The molecular formula is C10H15N3O3. The van der Waals surface area contributed by atoms with Crippen molar-refractivity contribution < 1.29 is 14.6 Å². The quantitative estimate of drug-likeness (QED) is 0.516. The fraction of sp³-hybridized carbons (Fsp3) is 0.400. The van der Waals surface area contributed by atoms with E-state index in [1.54, 1.807) is 17.9 Å². The van der Waals surface area contributed by atoms with Crippen molar-refractivity contribution in [3.8, 4) is 0 Å². The van der Waals surface area contributed by atoms with Gasteiger partial charge in [-0.05, 0) is 19.9 Å². The molecule has 2 N–H and O–H groups in total. The number of fused-ring (bicyclic) bond motifs is 1. The van der Waals surface area contributed by atoms with Gasteiger partial charge in [0.25, 0.3) is 0 Å². The number of hydrogen-bond donors (Lipinski definition) is 0. The highest BCUT2D eigenvalue weighted by Crippen LogP contribution is 2.21. The Hall–Kier alpha value is -1.82. The zero-order valence-electron chi connectivity index (χ0n) is 9.74. The first kappa shape index (κ1) is 12.3. The summed E-state index contributed by atoms with van der Waals surface area (Å²) in [5.74, 6) is 0. The molecule has 6 heteroatoms. The van der Waals surface area contributed by atoms with E-state index in [1.807, 2.05) is 21.0 Å². The third-order valence-electron chi connectivity index (χ3n) is 2.28. The molecule has 0 saturated carbocycles. The summed E-state index contributed by atoms with van der Waals surface area (Å²) in [5, 5.41) is 11.7. The zero-order chi connectivity index (χ0) is 11.2. The monoisotopic (exact) mass is 225 g/mol. The molecule has 16 heavy (non-hydrogen) atoms. The zero-order valence-corrected chi connectivity index (χ0v) is 9.74. The number of oxazole rings is 1. The van der Waals surface area contributed by atoms with Crippen LogP contribution in [0.3, 0.4) is 0 Å². The Bertz CT molecular complexity index is 519. The van der Waals surface area contributed by atoms with Crippen LogP contribution in [0.1, 0.15) is 11.3 Å². The molecule has 0 spiro atoms. The van der Waals surface area contributed by atoms with E-state index in [0.717, 1.165) is 10.3 Å². The number of nitrogens with zero attached hydrogens (tertiary/aromatic N) is 3. The second-order valence-corrected chi connectivity index (χ2v) is 3.81. The van der Waals surface area contributed by atoms with Gasteiger partial charge in [-0.3, -0.25) is 0 Å². The van der Waals surface area contributed by atoms with Crippen LogP contribution in [-0.2, 0) is 0 Å². The Kier molecular flexibility index (Phi) is 3.04. The predicted molar refractivity (Wildman–Crippen MR) is 60.4 cm³/mol. The third kappa shape index (κ3) is 1.67. The summed E-state index contributed by atoms with van der Waals surface area (Å²) in [6, 6.07) is 2.24. The van der Waals surface area contributed by atoms with Crippen LogP contribution < -0.4 is 9.63 Å². The largest absolute Gasteiger partial charge is 0.710 e. The van der Waals surface area contributed by atoms with Gasteiger partial charge in [0.2, 0.25) is 5.58 Å². The summed E-state index contributed by atoms with van der Waals surface area (Å²) in [5.41, 5.74) is 2.45. The molecule has 0 bridgehead atoms. The van der Waals surface area contributed by atoms with Crippen molar-refractivity contribution in [1.29, 1.82) is 0 Å². The molecule has 6 nitrogen and oxygen atoms in total. The Balaban J connectivity index is 0.00000128. The third-order valence-corrected chi connectivity index (χ3v) is 2.28. The van der Waals surface area contributed by atoms with Gasteiger partial charge in [0.1, 0.15) is 5.69 Å². The highest BCUT2D eigenvalue weighted by Gasteiger charge is 2.20. The SMILES string of the molecule is Cc1cc(C)[n+]([O-])c2nc(N(C)C)oc12.O. The number of aryl methyl sites for hydroxylation is 2. The molecule has 2 rings (SSSR count). The van der Waals surface area contributed by atoms with Gasteiger partial charge in [-0.2, -0.15) is 0 Å². The first-order chi connectivity index (χ1) is 7.00. The maximum Gasteiger partial charge on any atom is 0.415 e. The molecule has 0 aliphatic carbocycles. The van der Waals surface area contributed by atoms with Crippen LogP contribution in [0.5, 0.6) is 0 Å². The lowest BCUT2D eigenvalue weighted by molar-refractivity contribution is -0.586. The van der Waals surface area contributed by atoms with Crippen LogP contribution in [0, 0.1) is 19.1 Å². The highest BCUT2D eigenvalue weighted by molar-refractivity contribution is 5.71. The summed E-state index contributed by atoms with van der Waals surface area (Å²) in [6.45, 7) is 3.66. The summed E-state index contributed by atoms with van der Waals surface area (Å²) in [6.07, 6.45) is 0. The molecular weight excluding hydrogens is 210 g/mol. The molecule has 0 atom stereocenters. The topological polar surface area (TPSA) is 87.7 Å². The smallest absolute Gasteiger partial charge is 0.415 e. The second-order valence-electron chi connectivity index (χ2n) is 3.81. The number of rotatable bonds is 1. The van der Waals surface area contributed by atoms with Gasteiger partial charge in [0.15, 0.2) is 0 Å². The van der Waals surface area contributed by atoms with Gasteiger partial charge in [0, 0.05) is 24.6 Å². The van der Waals surface area contributed by atoms with E-state index < -0.39 is 0 Å². The van der Waals surface area contributed by atoms with E-state index in [2.05, 4.69) is 4.98 Å². The van der Waals surface area contributed by atoms with Crippen LogP contribution in [0.4, 0.5) is 6.01 Å². The first-order valence-electron chi connectivity index (χ1n) is 4.68. The Morgan fingerprint density at radius 3 is 2.56 bits per heavy atom. The average Bonchev–Trinajstić information content (AvgIpc) is 2.59. The molecule has 0 amide bonds. The van der Waals surface area contributed by atoms with E-state index in [0.29, 0.717) is 22.9 Å². The molecule has 0 aromatic carbocycles. The van der Waals surface area contributed by atoms with Crippen molar-refractivity contribution in [3.63, 3.8) is 0 Å². The summed E-state index contributed by atoms with van der Waals surface area (Å²) >= 11 is 0. The molecule has 0 unspecified atom stereocenters. The number of hydrogen-bond acceptors (Lipinski definition) is 4. The number of aromatic nitrogens is 2. The van der Waals surface area contributed by atoms with Gasteiger partial charge in [0.05, 0.1) is 0 Å². The second kappa shape index (κ2) is 3.97. The summed E-state index contributed by atoms with van der Waals surface area (Å²) in [4.78, 5) is 5.87. The Labute approximate surface area is 93.0 Å². The van der Waals surface area contributed by atoms with Gasteiger partial charge in [-0.1, -0.05) is 0 Å². The molecule has 0 fully saturated rings. The van der Waals surface area contributed by atoms with Crippen LogP contribution in [0.25, 0.3) is 11.2 Å². The van der Waals surface area contributed by atoms with E-state index in [4.69, 9.17) is 4.42 Å². The van der Waals surface area contributed by atoms with E-state index in [1.165, 1.54) is 0 Å². The maximum atomic E-state index is 11.7. The molecule has 0 saturated heterocycles. The van der Waals surface area contributed by atoms with E-state index in [-0.39, 0.29) is 5.48 Å². The number of anilines is 1. The van der Waals surface area contributed by atoms with Crippen LogP contribution in [-0.4, -0.2) is 24.6 Å². The standard InChI is InChI=1S/C10H13N3O2.H2O/c1-6-5-7(2)13(14)9-8(6)15-10(11-9)12(3)4;/h5H,1-4H3;1H2.